The molecule has 1 atom stereocenters. The lowest BCUT2D eigenvalue weighted by Crippen LogP contribution is -2.39. The van der Waals surface area contributed by atoms with Crippen LogP contribution in [0.5, 0.6) is 5.75 Å². The second-order valence-corrected chi connectivity index (χ2v) is 10.1. The van der Waals surface area contributed by atoms with Crippen LogP contribution in [0.2, 0.25) is 5.02 Å². The Morgan fingerprint density at radius 1 is 1.25 bits per heavy atom. The highest BCUT2D eigenvalue weighted by Gasteiger charge is 2.33. The number of nitro benzene ring substituents is 1. The predicted molar refractivity (Wildman–Crippen MR) is 149 cm³/mol. The maximum absolute atomic E-state index is 13.8. The van der Waals surface area contributed by atoms with Crippen LogP contribution in [0.4, 0.5) is 5.69 Å². The maximum Gasteiger partial charge on any atom is 0.338 e. The van der Waals surface area contributed by atoms with Gasteiger partial charge in [-0.2, -0.15) is 0 Å². The van der Waals surface area contributed by atoms with Crippen LogP contribution in [0.1, 0.15) is 31.2 Å². The molecule has 2 aromatic carbocycles. The zero-order chi connectivity index (χ0) is 28.6. The van der Waals surface area contributed by atoms with Gasteiger partial charge in [0, 0.05) is 17.2 Å². The number of thiazole rings is 1. The number of halogens is 1. The van der Waals surface area contributed by atoms with Crippen molar-refractivity contribution in [3.63, 3.8) is 0 Å². The van der Waals surface area contributed by atoms with Crippen molar-refractivity contribution >= 4 is 40.7 Å². The summed E-state index contributed by atoms with van der Waals surface area (Å²) in [6.45, 7) is 3.58. The zero-order valence-electron chi connectivity index (χ0n) is 21.5. The molecule has 0 amide bonds. The topological polar surface area (TPSA) is 126 Å². The normalized spacial score (nSPS) is 15.0. The van der Waals surface area contributed by atoms with Crippen LogP contribution >= 0.6 is 22.9 Å². The minimum absolute atomic E-state index is 0.164. The predicted octanol–water partition coefficient (Wildman–Crippen LogP) is 4.63. The number of rotatable bonds is 7. The number of fused-ring (bicyclic) bond motifs is 1. The zero-order valence-corrected chi connectivity index (χ0v) is 23.1. The quantitative estimate of drug-likeness (QED) is 0.177. The SMILES string of the molecule is CCOC(=O)C1=C(C)N=c2s/c(=C/c3ccc(-c4ccc(Cl)cc4[N+](=O)[O-])o3)c(=O)n2[C@H]1c1cccc(OC)c1. The Morgan fingerprint density at radius 3 is 2.77 bits per heavy atom. The Morgan fingerprint density at radius 2 is 2.05 bits per heavy atom. The van der Waals surface area contributed by atoms with E-state index in [1.54, 1.807) is 56.3 Å². The van der Waals surface area contributed by atoms with E-state index in [0.29, 0.717) is 32.1 Å². The van der Waals surface area contributed by atoms with Gasteiger partial charge >= 0.3 is 5.97 Å². The van der Waals surface area contributed by atoms with E-state index in [4.69, 9.17) is 25.5 Å². The fourth-order valence-corrected chi connectivity index (χ4v) is 5.68. The summed E-state index contributed by atoms with van der Waals surface area (Å²) in [5.74, 6) is 0.559. The first-order valence-corrected chi connectivity index (χ1v) is 13.3. The van der Waals surface area contributed by atoms with Crippen LogP contribution < -0.4 is 19.6 Å². The first-order chi connectivity index (χ1) is 19.2. The molecular weight excluding hydrogens is 558 g/mol. The molecule has 0 N–H and O–H groups in total. The highest BCUT2D eigenvalue weighted by Crippen LogP contribution is 2.34. The number of aromatic nitrogens is 1. The van der Waals surface area contributed by atoms with Gasteiger partial charge in [0.25, 0.3) is 11.2 Å². The molecule has 5 rings (SSSR count). The summed E-state index contributed by atoms with van der Waals surface area (Å²) in [5.41, 5.74) is 1.01. The smallest absolute Gasteiger partial charge is 0.338 e. The first kappa shape index (κ1) is 27.1. The summed E-state index contributed by atoms with van der Waals surface area (Å²) < 4.78 is 18.3. The molecule has 1 aliphatic heterocycles. The summed E-state index contributed by atoms with van der Waals surface area (Å²) in [5, 5.41) is 11.8. The minimum atomic E-state index is -0.795. The number of carbonyl (C=O) groups excluding carboxylic acids is 1. The molecule has 40 heavy (non-hydrogen) atoms. The van der Waals surface area contributed by atoms with Crippen LogP contribution in [0.3, 0.4) is 0 Å². The van der Waals surface area contributed by atoms with Gasteiger partial charge in [-0.05, 0) is 55.8 Å². The van der Waals surface area contributed by atoms with E-state index in [1.807, 2.05) is 0 Å². The molecular formula is C28H22ClN3O7S. The van der Waals surface area contributed by atoms with E-state index in [-0.39, 0.29) is 39.8 Å². The third kappa shape index (κ3) is 4.96. The molecule has 0 fully saturated rings. The summed E-state index contributed by atoms with van der Waals surface area (Å²) in [4.78, 5) is 42.8. The second-order valence-electron chi connectivity index (χ2n) is 8.70. The molecule has 0 aliphatic carbocycles. The van der Waals surface area contributed by atoms with E-state index in [2.05, 4.69) is 4.99 Å². The van der Waals surface area contributed by atoms with E-state index in [1.165, 1.54) is 29.9 Å². The van der Waals surface area contributed by atoms with E-state index < -0.39 is 16.9 Å². The number of ether oxygens (including phenoxy) is 2. The molecule has 0 bridgehead atoms. The molecule has 3 heterocycles. The van der Waals surface area contributed by atoms with Gasteiger partial charge in [0.05, 0.1) is 46.0 Å². The molecule has 0 spiro atoms. The Bertz CT molecular complexity index is 1870. The van der Waals surface area contributed by atoms with Crippen molar-refractivity contribution < 1.29 is 23.6 Å². The van der Waals surface area contributed by atoms with Gasteiger partial charge in [-0.3, -0.25) is 19.5 Å². The van der Waals surface area contributed by atoms with Crippen molar-refractivity contribution in [3.05, 3.63) is 112 Å². The van der Waals surface area contributed by atoms with Crippen LogP contribution in [0.15, 0.2) is 80.1 Å². The number of allylic oxidation sites excluding steroid dienone is 1. The molecule has 12 heteroatoms. The van der Waals surface area contributed by atoms with Crippen molar-refractivity contribution in [2.45, 2.75) is 19.9 Å². The average Bonchev–Trinajstić information content (AvgIpc) is 3.52. The fourth-order valence-electron chi connectivity index (χ4n) is 4.49. The Labute approximate surface area is 236 Å². The van der Waals surface area contributed by atoms with Crippen molar-refractivity contribution in [2.75, 3.05) is 13.7 Å². The molecule has 204 valence electrons. The summed E-state index contributed by atoms with van der Waals surface area (Å²) in [7, 11) is 1.54. The van der Waals surface area contributed by atoms with Crippen LogP contribution in [-0.2, 0) is 9.53 Å². The monoisotopic (exact) mass is 579 g/mol. The molecule has 1 aliphatic rings. The van der Waals surface area contributed by atoms with Crippen LogP contribution in [-0.4, -0.2) is 29.2 Å². The maximum atomic E-state index is 13.8. The number of methoxy groups -OCH3 is 1. The third-order valence-electron chi connectivity index (χ3n) is 6.25. The summed E-state index contributed by atoms with van der Waals surface area (Å²) >= 11 is 7.07. The molecule has 0 radical (unpaired) electrons. The number of nitro groups is 1. The van der Waals surface area contributed by atoms with E-state index in [0.717, 1.165) is 11.3 Å². The van der Waals surface area contributed by atoms with Crippen molar-refractivity contribution in [1.82, 2.24) is 4.57 Å². The van der Waals surface area contributed by atoms with Gasteiger partial charge in [-0.1, -0.05) is 35.1 Å². The Balaban J connectivity index is 1.64. The molecule has 0 unspecified atom stereocenters. The minimum Gasteiger partial charge on any atom is -0.497 e. The van der Waals surface area contributed by atoms with Gasteiger partial charge in [0.1, 0.15) is 17.3 Å². The van der Waals surface area contributed by atoms with Crippen LogP contribution in [0.25, 0.3) is 17.4 Å². The number of nitrogens with zero attached hydrogens (tertiary/aromatic N) is 3. The van der Waals surface area contributed by atoms with Crippen molar-refractivity contribution in [1.29, 1.82) is 0 Å². The molecule has 4 aromatic rings. The van der Waals surface area contributed by atoms with Crippen molar-refractivity contribution in [3.8, 4) is 17.1 Å². The lowest BCUT2D eigenvalue weighted by atomic mass is 9.95. The number of furan rings is 1. The Hall–Kier alpha value is -4.48. The fraction of sp³-hybridized carbons (Fsp3) is 0.179. The second kappa shape index (κ2) is 10.9. The molecule has 2 aromatic heterocycles. The number of benzene rings is 2. The highest BCUT2D eigenvalue weighted by atomic mass is 35.5. The average molecular weight is 580 g/mol. The van der Waals surface area contributed by atoms with Gasteiger partial charge < -0.3 is 13.9 Å². The molecule has 10 nitrogen and oxygen atoms in total. The number of carbonyl (C=O) groups is 1. The molecule has 0 saturated heterocycles. The number of hydrogen-bond donors (Lipinski definition) is 0. The molecule has 0 saturated carbocycles. The summed E-state index contributed by atoms with van der Waals surface area (Å²) in [6, 6.07) is 13.8. The standard InChI is InChI=1S/C28H22ClN3O7S/c1-4-38-27(34)24-15(2)30-28-31(25(24)16-6-5-7-18(12-16)37-3)26(33)23(40-28)14-19-9-11-22(39-19)20-10-8-17(29)13-21(20)32(35)36/h5-14,25H,4H2,1-3H3/b23-14+/t25-/m0/s1. The lowest BCUT2D eigenvalue weighted by Gasteiger charge is -2.24. The van der Waals surface area contributed by atoms with Gasteiger partial charge in [-0.15, -0.1) is 0 Å². The number of hydrogen-bond acceptors (Lipinski definition) is 9. The van der Waals surface area contributed by atoms with Crippen molar-refractivity contribution in [2.24, 2.45) is 4.99 Å². The third-order valence-corrected chi connectivity index (χ3v) is 7.47. The Kier molecular flexibility index (Phi) is 7.42. The van der Waals surface area contributed by atoms with E-state index >= 15 is 0 Å². The highest BCUT2D eigenvalue weighted by molar-refractivity contribution is 7.07. The largest absolute Gasteiger partial charge is 0.497 e. The van der Waals surface area contributed by atoms with Crippen LogP contribution in [0, 0.1) is 10.1 Å². The number of esters is 1. The van der Waals surface area contributed by atoms with E-state index in [9.17, 15) is 19.7 Å². The first-order valence-electron chi connectivity index (χ1n) is 12.1. The lowest BCUT2D eigenvalue weighted by molar-refractivity contribution is -0.384. The summed E-state index contributed by atoms with van der Waals surface area (Å²) in [6.07, 6.45) is 1.54. The van der Waals surface area contributed by atoms with Gasteiger partial charge in [0.2, 0.25) is 0 Å². The van der Waals surface area contributed by atoms with Gasteiger partial charge in [-0.25, -0.2) is 9.79 Å². The van der Waals surface area contributed by atoms with Gasteiger partial charge in [0.15, 0.2) is 4.80 Å².